The van der Waals surface area contributed by atoms with Crippen molar-refractivity contribution in [1.82, 2.24) is 10.4 Å². The van der Waals surface area contributed by atoms with Crippen LogP contribution >= 0.6 is 11.3 Å². The van der Waals surface area contributed by atoms with Gasteiger partial charge in [-0.1, -0.05) is 19.3 Å². The Bertz CT molecular complexity index is 331. The molecule has 1 unspecified atom stereocenters. The van der Waals surface area contributed by atoms with Crippen molar-refractivity contribution < 1.29 is 4.74 Å². The summed E-state index contributed by atoms with van der Waals surface area (Å²) in [5.74, 6) is 5.78. The van der Waals surface area contributed by atoms with Crippen LogP contribution in [0.25, 0.3) is 0 Å². The standard InChI is InChI=1S/C13H23N3OS/c1-2-17-13(6-4-3-5-7-13)11(16-14)10-12-15-8-9-18-12/h8-9,11,16H,2-7,10,14H2,1H3. The zero-order valence-electron chi connectivity index (χ0n) is 11.0. The molecule has 0 spiro atoms. The highest BCUT2D eigenvalue weighted by Gasteiger charge is 2.40. The molecule has 1 heterocycles. The van der Waals surface area contributed by atoms with E-state index in [1.807, 2.05) is 11.6 Å². The number of nitrogens with one attached hydrogen (secondary N) is 1. The lowest BCUT2D eigenvalue weighted by atomic mass is 9.78. The first-order valence-corrected chi connectivity index (χ1v) is 7.67. The van der Waals surface area contributed by atoms with Crippen LogP contribution in [0.4, 0.5) is 0 Å². The monoisotopic (exact) mass is 269 g/mol. The predicted molar refractivity (Wildman–Crippen MR) is 74.4 cm³/mol. The molecule has 3 N–H and O–H groups in total. The zero-order valence-corrected chi connectivity index (χ0v) is 11.8. The molecular formula is C13H23N3OS. The zero-order chi connectivity index (χ0) is 12.8. The molecule has 0 aromatic carbocycles. The number of nitrogens with zero attached hydrogens (tertiary/aromatic N) is 1. The van der Waals surface area contributed by atoms with Gasteiger partial charge in [0, 0.05) is 24.6 Å². The van der Waals surface area contributed by atoms with Crippen molar-refractivity contribution in [3.63, 3.8) is 0 Å². The van der Waals surface area contributed by atoms with E-state index < -0.39 is 0 Å². The Kier molecular flexibility index (Phi) is 5.12. The second-order valence-corrected chi connectivity index (χ2v) is 5.89. The fraction of sp³-hybridized carbons (Fsp3) is 0.769. The van der Waals surface area contributed by atoms with Gasteiger partial charge in [-0.2, -0.15) is 0 Å². The summed E-state index contributed by atoms with van der Waals surface area (Å²) in [6.45, 7) is 2.81. The molecule has 0 bridgehead atoms. The minimum absolute atomic E-state index is 0.104. The quantitative estimate of drug-likeness (QED) is 0.614. The molecule has 0 radical (unpaired) electrons. The Hall–Kier alpha value is -0.490. The molecule has 1 atom stereocenters. The van der Waals surface area contributed by atoms with Gasteiger partial charge in [0.05, 0.1) is 16.7 Å². The van der Waals surface area contributed by atoms with E-state index in [1.54, 1.807) is 11.3 Å². The molecule has 1 aliphatic carbocycles. The van der Waals surface area contributed by atoms with Gasteiger partial charge in [0.1, 0.15) is 0 Å². The van der Waals surface area contributed by atoms with Crippen LogP contribution < -0.4 is 11.3 Å². The number of nitrogens with two attached hydrogens (primary N) is 1. The lowest BCUT2D eigenvalue weighted by molar-refractivity contribution is -0.0898. The molecule has 1 saturated carbocycles. The molecule has 4 nitrogen and oxygen atoms in total. The molecule has 5 heteroatoms. The van der Waals surface area contributed by atoms with E-state index in [0.29, 0.717) is 0 Å². The topological polar surface area (TPSA) is 60.2 Å². The maximum atomic E-state index is 6.11. The number of hydrogen-bond acceptors (Lipinski definition) is 5. The third-order valence-corrected chi connectivity index (χ3v) is 4.63. The Balaban J connectivity index is 2.10. The molecule has 1 aromatic heterocycles. The fourth-order valence-corrected chi connectivity index (χ4v) is 3.62. The van der Waals surface area contributed by atoms with E-state index in [2.05, 4.69) is 17.3 Å². The lowest BCUT2D eigenvalue weighted by Crippen LogP contribution is -2.57. The minimum Gasteiger partial charge on any atom is -0.374 e. The van der Waals surface area contributed by atoms with Gasteiger partial charge in [-0.3, -0.25) is 11.3 Å². The van der Waals surface area contributed by atoms with Crippen molar-refractivity contribution in [3.05, 3.63) is 16.6 Å². The highest BCUT2D eigenvalue weighted by atomic mass is 32.1. The highest BCUT2D eigenvalue weighted by Crippen LogP contribution is 2.35. The molecule has 0 amide bonds. The van der Waals surface area contributed by atoms with Crippen molar-refractivity contribution in [2.24, 2.45) is 5.84 Å². The van der Waals surface area contributed by atoms with Gasteiger partial charge < -0.3 is 4.74 Å². The summed E-state index contributed by atoms with van der Waals surface area (Å²) >= 11 is 1.69. The van der Waals surface area contributed by atoms with E-state index in [9.17, 15) is 0 Å². The summed E-state index contributed by atoms with van der Waals surface area (Å²) in [5, 5.41) is 3.14. The van der Waals surface area contributed by atoms with Crippen LogP contribution in [0.1, 0.15) is 44.0 Å². The van der Waals surface area contributed by atoms with Crippen LogP contribution in [0.2, 0.25) is 0 Å². The van der Waals surface area contributed by atoms with Crippen molar-refractivity contribution in [3.8, 4) is 0 Å². The normalized spacial score (nSPS) is 20.8. The predicted octanol–water partition coefficient (Wildman–Crippen LogP) is 2.26. The molecule has 0 saturated heterocycles. The molecule has 1 aromatic rings. The third kappa shape index (κ3) is 3.09. The molecule has 18 heavy (non-hydrogen) atoms. The van der Waals surface area contributed by atoms with E-state index in [0.717, 1.165) is 30.9 Å². The van der Waals surface area contributed by atoms with Crippen molar-refractivity contribution >= 4 is 11.3 Å². The number of ether oxygens (including phenoxy) is 1. The van der Waals surface area contributed by atoms with Crippen LogP contribution in [-0.4, -0.2) is 23.2 Å². The summed E-state index contributed by atoms with van der Waals surface area (Å²) in [7, 11) is 0. The Morgan fingerprint density at radius 2 is 2.28 bits per heavy atom. The van der Waals surface area contributed by atoms with Gasteiger partial charge in [0.25, 0.3) is 0 Å². The first-order chi connectivity index (χ1) is 8.80. The number of thiazole rings is 1. The van der Waals surface area contributed by atoms with Crippen LogP contribution in [0.3, 0.4) is 0 Å². The summed E-state index contributed by atoms with van der Waals surface area (Å²) in [5.41, 5.74) is 2.87. The van der Waals surface area contributed by atoms with E-state index in [1.165, 1.54) is 19.3 Å². The van der Waals surface area contributed by atoms with Gasteiger partial charge in [0.15, 0.2) is 0 Å². The number of aromatic nitrogens is 1. The van der Waals surface area contributed by atoms with Gasteiger partial charge in [-0.25, -0.2) is 4.98 Å². The molecular weight excluding hydrogens is 246 g/mol. The second-order valence-electron chi connectivity index (χ2n) is 4.91. The van der Waals surface area contributed by atoms with Crippen LogP contribution in [0.5, 0.6) is 0 Å². The smallest absolute Gasteiger partial charge is 0.0942 e. The summed E-state index contributed by atoms with van der Waals surface area (Å²) < 4.78 is 6.11. The van der Waals surface area contributed by atoms with Gasteiger partial charge >= 0.3 is 0 Å². The number of rotatable bonds is 6. The fourth-order valence-electron chi connectivity index (χ4n) is 2.96. The number of hydrogen-bond donors (Lipinski definition) is 2. The Morgan fingerprint density at radius 3 is 2.83 bits per heavy atom. The van der Waals surface area contributed by atoms with Crippen LogP contribution in [0.15, 0.2) is 11.6 Å². The summed E-state index contributed by atoms with van der Waals surface area (Å²) in [6, 6.07) is 0.156. The molecule has 1 fully saturated rings. The second kappa shape index (κ2) is 6.61. The van der Waals surface area contributed by atoms with Crippen LogP contribution in [-0.2, 0) is 11.2 Å². The first-order valence-electron chi connectivity index (χ1n) is 6.79. The van der Waals surface area contributed by atoms with Crippen LogP contribution in [0, 0.1) is 0 Å². The third-order valence-electron chi connectivity index (χ3n) is 3.83. The van der Waals surface area contributed by atoms with Crippen molar-refractivity contribution in [2.75, 3.05) is 6.61 Å². The van der Waals surface area contributed by atoms with Crippen molar-refractivity contribution in [1.29, 1.82) is 0 Å². The van der Waals surface area contributed by atoms with E-state index in [4.69, 9.17) is 10.6 Å². The van der Waals surface area contributed by atoms with E-state index in [-0.39, 0.29) is 11.6 Å². The minimum atomic E-state index is -0.104. The molecule has 0 aliphatic heterocycles. The molecule has 1 aliphatic rings. The van der Waals surface area contributed by atoms with Gasteiger partial charge in [-0.15, -0.1) is 11.3 Å². The molecule has 102 valence electrons. The van der Waals surface area contributed by atoms with Gasteiger partial charge in [-0.05, 0) is 19.8 Å². The maximum absolute atomic E-state index is 6.11. The lowest BCUT2D eigenvalue weighted by Gasteiger charge is -2.42. The molecule has 2 rings (SSSR count). The average Bonchev–Trinajstić information content (AvgIpc) is 2.90. The number of hydrazine groups is 1. The van der Waals surface area contributed by atoms with Crippen molar-refractivity contribution in [2.45, 2.75) is 57.1 Å². The largest absolute Gasteiger partial charge is 0.374 e. The highest BCUT2D eigenvalue weighted by molar-refractivity contribution is 7.09. The SMILES string of the molecule is CCOC1(C(Cc2nccs2)NN)CCCCC1. The van der Waals surface area contributed by atoms with Gasteiger partial charge in [0.2, 0.25) is 0 Å². The Labute approximate surface area is 113 Å². The van der Waals surface area contributed by atoms with E-state index >= 15 is 0 Å². The summed E-state index contributed by atoms with van der Waals surface area (Å²) in [6.07, 6.45) is 8.67. The first kappa shape index (κ1) is 13.9. The average molecular weight is 269 g/mol. The Morgan fingerprint density at radius 1 is 1.50 bits per heavy atom. The maximum Gasteiger partial charge on any atom is 0.0942 e. The summed E-state index contributed by atoms with van der Waals surface area (Å²) in [4.78, 5) is 4.36.